The molecule has 0 aromatic heterocycles. The van der Waals surface area contributed by atoms with Gasteiger partial charge in [-0.05, 0) is 12.8 Å². The van der Waals surface area contributed by atoms with Crippen LogP contribution >= 0.6 is 0 Å². The maximum atomic E-state index is 11.8. The number of rotatable bonds is 5. The van der Waals surface area contributed by atoms with Crippen LogP contribution in [0.2, 0.25) is 0 Å². The number of carbonyl (C=O) groups is 2. The van der Waals surface area contributed by atoms with Gasteiger partial charge in [0.15, 0.2) is 0 Å². The van der Waals surface area contributed by atoms with Gasteiger partial charge in [-0.15, -0.1) is 0 Å². The van der Waals surface area contributed by atoms with E-state index in [2.05, 4.69) is 0 Å². The largest absolute Gasteiger partial charge is 0.450 e. The molecule has 0 radical (unpaired) electrons. The number of hydrogen-bond donors (Lipinski definition) is 0. The molecule has 0 atom stereocenters. The summed E-state index contributed by atoms with van der Waals surface area (Å²) < 4.78 is 35.3. The highest BCUT2D eigenvalue weighted by molar-refractivity contribution is 6.02. The third kappa shape index (κ3) is 3.89. The molecule has 0 fully saturated rings. The van der Waals surface area contributed by atoms with Crippen molar-refractivity contribution < 1.29 is 22.8 Å². The molecule has 14 heavy (non-hydrogen) atoms. The molecule has 0 spiro atoms. The topological polar surface area (TPSA) is 34.1 Å². The molecule has 0 rings (SSSR count). The lowest BCUT2D eigenvalue weighted by molar-refractivity contribution is -0.172. The molecule has 5 heteroatoms. The Balaban J connectivity index is 4.26. The third-order valence-electron chi connectivity index (χ3n) is 2.09. The Hall–Kier alpha value is -0.870. The number of alkyl halides is 3. The second kappa shape index (κ2) is 5.12. The van der Waals surface area contributed by atoms with Gasteiger partial charge in [-0.3, -0.25) is 9.59 Å². The fourth-order valence-electron chi connectivity index (χ4n) is 1.15. The predicted molar refractivity (Wildman–Crippen MR) is 44.8 cm³/mol. The smallest absolute Gasteiger partial charge is 0.299 e. The van der Waals surface area contributed by atoms with Gasteiger partial charge in [-0.25, -0.2) is 0 Å². The quantitative estimate of drug-likeness (QED) is 0.653. The summed E-state index contributed by atoms with van der Waals surface area (Å²) in [5, 5.41) is 0. The molecular formula is C9H13F3O2. The van der Waals surface area contributed by atoms with E-state index in [4.69, 9.17) is 0 Å². The molecule has 0 aliphatic rings. The summed E-state index contributed by atoms with van der Waals surface area (Å²) >= 11 is 0. The SMILES string of the molecule is CCC(CC)C(=O)CC(=O)C(F)(F)F. The summed E-state index contributed by atoms with van der Waals surface area (Å²) in [5.74, 6) is -2.99. The van der Waals surface area contributed by atoms with Gasteiger partial charge >= 0.3 is 6.18 Å². The van der Waals surface area contributed by atoms with Gasteiger partial charge in [0.1, 0.15) is 5.78 Å². The second-order valence-electron chi connectivity index (χ2n) is 3.08. The maximum Gasteiger partial charge on any atom is 0.450 e. The first-order valence-corrected chi connectivity index (χ1v) is 4.45. The average molecular weight is 210 g/mol. The van der Waals surface area contributed by atoms with Crippen LogP contribution in [0.4, 0.5) is 13.2 Å². The fraction of sp³-hybridized carbons (Fsp3) is 0.778. The molecule has 0 amide bonds. The molecular weight excluding hydrogens is 197 g/mol. The standard InChI is InChI=1S/C9H13F3O2/c1-3-6(4-2)7(13)5-8(14)9(10,11)12/h6H,3-5H2,1-2H3. The lowest BCUT2D eigenvalue weighted by atomic mass is 9.95. The van der Waals surface area contributed by atoms with E-state index in [1.54, 1.807) is 13.8 Å². The zero-order chi connectivity index (χ0) is 11.4. The van der Waals surface area contributed by atoms with Crippen LogP contribution in [0.1, 0.15) is 33.1 Å². The van der Waals surface area contributed by atoms with Crippen molar-refractivity contribution in [2.24, 2.45) is 5.92 Å². The monoisotopic (exact) mass is 210 g/mol. The van der Waals surface area contributed by atoms with Crippen LogP contribution in [0, 0.1) is 5.92 Å². The Kier molecular flexibility index (Phi) is 4.80. The molecule has 0 saturated carbocycles. The van der Waals surface area contributed by atoms with Gasteiger partial charge in [-0.2, -0.15) is 13.2 Å². The van der Waals surface area contributed by atoms with Crippen LogP contribution < -0.4 is 0 Å². The summed E-state index contributed by atoms with van der Waals surface area (Å²) in [4.78, 5) is 21.6. The van der Waals surface area contributed by atoms with Crippen molar-refractivity contribution >= 4 is 11.6 Å². The first-order chi connectivity index (χ1) is 6.32. The van der Waals surface area contributed by atoms with Crippen molar-refractivity contribution in [1.82, 2.24) is 0 Å². The molecule has 82 valence electrons. The molecule has 0 N–H and O–H groups in total. The van der Waals surface area contributed by atoms with Crippen LogP contribution in [0.25, 0.3) is 0 Å². The lowest BCUT2D eigenvalue weighted by Crippen LogP contribution is -2.27. The molecule has 0 aliphatic carbocycles. The molecule has 0 heterocycles. The zero-order valence-corrected chi connectivity index (χ0v) is 8.15. The molecule has 0 bridgehead atoms. The average Bonchev–Trinajstić information content (AvgIpc) is 2.04. The van der Waals surface area contributed by atoms with E-state index in [1.165, 1.54) is 0 Å². The summed E-state index contributed by atoms with van der Waals surface area (Å²) in [6.45, 7) is 3.42. The maximum absolute atomic E-state index is 11.8. The van der Waals surface area contributed by atoms with Gasteiger partial charge < -0.3 is 0 Å². The summed E-state index contributed by atoms with van der Waals surface area (Å²) in [7, 11) is 0. The van der Waals surface area contributed by atoms with Crippen LogP contribution in [0.3, 0.4) is 0 Å². The first-order valence-electron chi connectivity index (χ1n) is 4.45. The molecule has 0 aromatic carbocycles. The van der Waals surface area contributed by atoms with Gasteiger partial charge in [0.25, 0.3) is 0 Å². The van der Waals surface area contributed by atoms with E-state index >= 15 is 0 Å². The van der Waals surface area contributed by atoms with E-state index in [9.17, 15) is 22.8 Å². The summed E-state index contributed by atoms with van der Waals surface area (Å²) in [5.41, 5.74) is 0. The Bertz CT molecular complexity index is 217. The summed E-state index contributed by atoms with van der Waals surface area (Å²) in [6, 6.07) is 0. The normalized spacial score (nSPS) is 11.9. The zero-order valence-electron chi connectivity index (χ0n) is 8.15. The minimum atomic E-state index is -4.89. The minimum absolute atomic E-state index is 0.429. The highest BCUT2D eigenvalue weighted by atomic mass is 19.4. The van der Waals surface area contributed by atoms with Crippen LogP contribution in [0.15, 0.2) is 0 Å². The summed E-state index contributed by atoms with van der Waals surface area (Å²) in [6.07, 6.45) is -4.96. The van der Waals surface area contributed by atoms with E-state index in [0.717, 1.165) is 0 Å². The minimum Gasteiger partial charge on any atom is -0.299 e. The van der Waals surface area contributed by atoms with E-state index in [0.29, 0.717) is 12.8 Å². The van der Waals surface area contributed by atoms with Gasteiger partial charge in [0, 0.05) is 5.92 Å². The van der Waals surface area contributed by atoms with E-state index in [1.807, 2.05) is 0 Å². The van der Waals surface area contributed by atoms with E-state index < -0.39 is 30.1 Å². The van der Waals surface area contributed by atoms with Crippen molar-refractivity contribution in [3.05, 3.63) is 0 Å². The van der Waals surface area contributed by atoms with Crippen molar-refractivity contribution in [2.75, 3.05) is 0 Å². The predicted octanol–water partition coefficient (Wildman–Crippen LogP) is 2.51. The lowest BCUT2D eigenvalue weighted by Gasteiger charge is -2.10. The van der Waals surface area contributed by atoms with E-state index in [-0.39, 0.29) is 0 Å². The first kappa shape index (κ1) is 13.1. The van der Waals surface area contributed by atoms with Crippen molar-refractivity contribution in [1.29, 1.82) is 0 Å². The Morgan fingerprint density at radius 3 is 1.86 bits per heavy atom. The number of ketones is 2. The molecule has 0 unspecified atom stereocenters. The van der Waals surface area contributed by atoms with Crippen molar-refractivity contribution in [2.45, 2.75) is 39.3 Å². The highest BCUT2D eigenvalue weighted by Gasteiger charge is 2.39. The number of Topliss-reactive ketones (excluding diaryl/α,β-unsaturated/α-hetero) is 2. The number of halogens is 3. The Morgan fingerprint density at radius 1 is 1.14 bits per heavy atom. The Labute approximate surface area is 80.5 Å². The third-order valence-corrected chi connectivity index (χ3v) is 2.09. The second-order valence-corrected chi connectivity index (χ2v) is 3.08. The van der Waals surface area contributed by atoms with Crippen LogP contribution in [-0.2, 0) is 9.59 Å². The molecule has 0 saturated heterocycles. The van der Waals surface area contributed by atoms with Gasteiger partial charge in [0.05, 0.1) is 6.42 Å². The number of carbonyl (C=O) groups excluding carboxylic acids is 2. The molecule has 0 aliphatic heterocycles. The van der Waals surface area contributed by atoms with Crippen LogP contribution in [-0.4, -0.2) is 17.7 Å². The van der Waals surface area contributed by atoms with Crippen molar-refractivity contribution in [3.63, 3.8) is 0 Å². The highest BCUT2D eigenvalue weighted by Crippen LogP contribution is 2.20. The van der Waals surface area contributed by atoms with Gasteiger partial charge in [0.2, 0.25) is 5.78 Å². The van der Waals surface area contributed by atoms with Crippen LogP contribution in [0.5, 0.6) is 0 Å². The number of hydrogen-bond acceptors (Lipinski definition) is 2. The molecule has 2 nitrogen and oxygen atoms in total. The van der Waals surface area contributed by atoms with Gasteiger partial charge in [-0.1, -0.05) is 13.8 Å². The fourth-order valence-corrected chi connectivity index (χ4v) is 1.15. The Morgan fingerprint density at radius 2 is 1.57 bits per heavy atom. The molecule has 0 aromatic rings. The van der Waals surface area contributed by atoms with Crippen molar-refractivity contribution in [3.8, 4) is 0 Å².